The van der Waals surface area contributed by atoms with Crippen molar-refractivity contribution < 1.29 is 9.59 Å². The van der Waals surface area contributed by atoms with Crippen molar-refractivity contribution in [1.82, 2.24) is 9.80 Å². The Labute approximate surface area is 134 Å². The van der Waals surface area contributed by atoms with Crippen LogP contribution in [0.5, 0.6) is 0 Å². The van der Waals surface area contributed by atoms with Gasteiger partial charge in [-0.15, -0.1) is 0 Å². The predicted molar refractivity (Wildman–Crippen MR) is 83.4 cm³/mol. The molecule has 1 heterocycles. The highest BCUT2D eigenvalue weighted by Gasteiger charge is 2.22. The Morgan fingerprint density at radius 1 is 1.29 bits per heavy atom. The Balaban J connectivity index is 1.92. The van der Waals surface area contributed by atoms with Crippen molar-refractivity contribution in [3.8, 4) is 0 Å². The van der Waals surface area contributed by atoms with E-state index in [4.69, 9.17) is 23.2 Å². The molecule has 0 unspecified atom stereocenters. The summed E-state index contributed by atoms with van der Waals surface area (Å²) in [4.78, 5) is 27.1. The smallest absolute Gasteiger partial charge is 0.242 e. The molecule has 21 heavy (non-hydrogen) atoms. The number of likely N-dealkylation sites (tertiary alicyclic amines) is 1. The molecule has 114 valence electrons. The van der Waals surface area contributed by atoms with E-state index in [0.29, 0.717) is 29.6 Å². The molecule has 1 aromatic carbocycles. The van der Waals surface area contributed by atoms with Crippen LogP contribution in [0.3, 0.4) is 0 Å². The molecule has 0 saturated carbocycles. The van der Waals surface area contributed by atoms with Crippen molar-refractivity contribution in [2.45, 2.75) is 25.8 Å². The van der Waals surface area contributed by atoms with Crippen LogP contribution in [0.2, 0.25) is 10.0 Å². The summed E-state index contributed by atoms with van der Waals surface area (Å²) < 4.78 is 0. The van der Waals surface area contributed by atoms with Gasteiger partial charge < -0.3 is 9.80 Å². The maximum absolute atomic E-state index is 12.2. The van der Waals surface area contributed by atoms with Crippen molar-refractivity contribution >= 4 is 35.0 Å². The predicted octanol–water partition coefficient (Wildman–Crippen LogP) is 2.96. The second-order valence-corrected chi connectivity index (χ2v) is 6.09. The summed E-state index contributed by atoms with van der Waals surface area (Å²) in [6.07, 6.45) is 2.43. The number of hydrogen-bond donors (Lipinski definition) is 0. The summed E-state index contributed by atoms with van der Waals surface area (Å²) in [6, 6.07) is 5.30. The highest BCUT2D eigenvalue weighted by molar-refractivity contribution is 6.42. The van der Waals surface area contributed by atoms with Crippen LogP contribution >= 0.6 is 23.2 Å². The number of likely N-dealkylation sites (N-methyl/N-ethyl adjacent to an activating group) is 1. The Hall–Kier alpha value is -1.26. The van der Waals surface area contributed by atoms with Gasteiger partial charge in [0.25, 0.3) is 0 Å². The molecule has 1 saturated heterocycles. The standard InChI is InChI=1S/C15H18Cl2N2O2/c1-18(9-11-5-6-12(16)13(17)8-11)15(21)10-19-7-3-2-4-14(19)20/h5-6,8H,2-4,7,9-10H2,1H3. The first kappa shape index (κ1) is 16.1. The maximum atomic E-state index is 12.2. The van der Waals surface area contributed by atoms with Crippen LogP contribution in [0.25, 0.3) is 0 Å². The molecule has 1 aliphatic rings. The second-order valence-electron chi connectivity index (χ2n) is 5.27. The summed E-state index contributed by atoms with van der Waals surface area (Å²) in [7, 11) is 1.72. The van der Waals surface area contributed by atoms with E-state index in [0.717, 1.165) is 18.4 Å². The van der Waals surface area contributed by atoms with E-state index in [1.807, 2.05) is 6.07 Å². The molecule has 0 aliphatic carbocycles. The minimum absolute atomic E-state index is 0.0672. The first-order valence-corrected chi connectivity index (χ1v) is 7.68. The van der Waals surface area contributed by atoms with Crippen molar-refractivity contribution in [2.75, 3.05) is 20.1 Å². The first-order valence-electron chi connectivity index (χ1n) is 6.93. The van der Waals surface area contributed by atoms with Gasteiger partial charge in [-0.05, 0) is 30.5 Å². The van der Waals surface area contributed by atoms with Crippen LogP contribution in [0.4, 0.5) is 0 Å². The van der Waals surface area contributed by atoms with Crippen LogP contribution in [0.15, 0.2) is 18.2 Å². The van der Waals surface area contributed by atoms with E-state index in [2.05, 4.69) is 0 Å². The zero-order valence-corrected chi connectivity index (χ0v) is 13.5. The maximum Gasteiger partial charge on any atom is 0.242 e. The van der Waals surface area contributed by atoms with E-state index in [-0.39, 0.29) is 18.4 Å². The van der Waals surface area contributed by atoms with Crippen LogP contribution in [0, 0.1) is 0 Å². The third-order valence-electron chi connectivity index (χ3n) is 3.58. The van der Waals surface area contributed by atoms with Crippen molar-refractivity contribution in [3.63, 3.8) is 0 Å². The molecular weight excluding hydrogens is 311 g/mol. The summed E-state index contributed by atoms with van der Waals surface area (Å²) in [5.41, 5.74) is 0.908. The zero-order chi connectivity index (χ0) is 15.4. The van der Waals surface area contributed by atoms with Crippen LogP contribution in [0.1, 0.15) is 24.8 Å². The van der Waals surface area contributed by atoms with E-state index in [1.54, 1.807) is 29.0 Å². The highest BCUT2D eigenvalue weighted by atomic mass is 35.5. The van der Waals surface area contributed by atoms with Gasteiger partial charge in [0.2, 0.25) is 11.8 Å². The molecule has 0 spiro atoms. The average Bonchev–Trinajstić information content (AvgIpc) is 2.45. The number of rotatable bonds is 4. The molecule has 0 aromatic heterocycles. The fourth-order valence-corrected chi connectivity index (χ4v) is 2.63. The second kappa shape index (κ2) is 7.14. The summed E-state index contributed by atoms with van der Waals surface area (Å²) >= 11 is 11.8. The third kappa shape index (κ3) is 4.35. The molecule has 0 atom stereocenters. The van der Waals surface area contributed by atoms with Gasteiger partial charge in [0.1, 0.15) is 0 Å². The number of piperidine rings is 1. The molecule has 2 amide bonds. The van der Waals surface area contributed by atoms with Crippen LogP contribution < -0.4 is 0 Å². The van der Waals surface area contributed by atoms with Gasteiger partial charge in [0.05, 0.1) is 16.6 Å². The number of hydrogen-bond acceptors (Lipinski definition) is 2. The lowest BCUT2D eigenvalue weighted by molar-refractivity contribution is -0.141. The molecule has 1 fully saturated rings. The number of benzene rings is 1. The number of halogens is 2. The van der Waals surface area contributed by atoms with Crippen molar-refractivity contribution in [1.29, 1.82) is 0 Å². The minimum Gasteiger partial charge on any atom is -0.340 e. The van der Waals surface area contributed by atoms with Gasteiger partial charge in [-0.3, -0.25) is 9.59 Å². The first-order chi connectivity index (χ1) is 9.97. The van der Waals surface area contributed by atoms with Crippen LogP contribution in [-0.2, 0) is 16.1 Å². The largest absolute Gasteiger partial charge is 0.340 e. The van der Waals surface area contributed by atoms with Crippen LogP contribution in [-0.4, -0.2) is 41.8 Å². The molecule has 1 aromatic rings. The Kier molecular flexibility index (Phi) is 5.48. The highest BCUT2D eigenvalue weighted by Crippen LogP contribution is 2.23. The Morgan fingerprint density at radius 2 is 2.05 bits per heavy atom. The van der Waals surface area contributed by atoms with Gasteiger partial charge in [0.15, 0.2) is 0 Å². The van der Waals surface area contributed by atoms with E-state index < -0.39 is 0 Å². The summed E-state index contributed by atoms with van der Waals surface area (Å²) in [6.45, 7) is 1.26. The number of nitrogens with zero attached hydrogens (tertiary/aromatic N) is 2. The lowest BCUT2D eigenvalue weighted by Crippen LogP contribution is -2.43. The summed E-state index contributed by atoms with van der Waals surface area (Å²) in [5.74, 6) is -0.00569. The van der Waals surface area contributed by atoms with Gasteiger partial charge >= 0.3 is 0 Å². The average molecular weight is 329 g/mol. The third-order valence-corrected chi connectivity index (χ3v) is 4.32. The molecule has 0 radical (unpaired) electrons. The fraction of sp³-hybridized carbons (Fsp3) is 0.467. The molecule has 6 heteroatoms. The zero-order valence-electron chi connectivity index (χ0n) is 11.9. The quantitative estimate of drug-likeness (QED) is 0.852. The number of amides is 2. The van der Waals surface area contributed by atoms with E-state index in [9.17, 15) is 9.59 Å². The Bertz CT molecular complexity index is 548. The monoisotopic (exact) mass is 328 g/mol. The Morgan fingerprint density at radius 3 is 2.71 bits per heavy atom. The van der Waals surface area contributed by atoms with Crippen molar-refractivity contribution in [2.24, 2.45) is 0 Å². The van der Waals surface area contributed by atoms with E-state index in [1.165, 1.54) is 0 Å². The normalized spacial score (nSPS) is 15.2. The fourth-order valence-electron chi connectivity index (χ4n) is 2.31. The molecule has 1 aliphatic heterocycles. The lowest BCUT2D eigenvalue weighted by atomic mass is 10.1. The number of carbonyl (C=O) groups excluding carboxylic acids is 2. The molecular formula is C15H18Cl2N2O2. The van der Waals surface area contributed by atoms with Gasteiger partial charge in [-0.1, -0.05) is 29.3 Å². The minimum atomic E-state index is -0.0728. The summed E-state index contributed by atoms with van der Waals surface area (Å²) in [5, 5.41) is 0.967. The molecule has 0 N–H and O–H groups in total. The lowest BCUT2D eigenvalue weighted by Gasteiger charge is -2.28. The van der Waals surface area contributed by atoms with E-state index >= 15 is 0 Å². The molecule has 4 nitrogen and oxygen atoms in total. The topological polar surface area (TPSA) is 40.6 Å². The number of carbonyl (C=O) groups is 2. The SMILES string of the molecule is CN(Cc1ccc(Cl)c(Cl)c1)C(=O)CN1CCCCC1=O. The van der Waals surface area contributed by atoms with Crippen molar-refractivity contribution in [3.05, 3.63) is 33.8 Å². The molecule has 0 bridgehead atoms. The molecule has 2 rings (SSSR count). The van der Waals surface area contributed by atoms with Gasteiger partial charge in [-0.25, -0.2) is 0 Å². The van der Waals surface area contributed by atoms with Gasteiger partial charge in [0, 0.05) is 26.6 Å². The van der Waals surface area contributed by atoms with Gasteiger partial charge in [-0.2, -0.15) is 0 Å².